The van der Waals surface area contributed by atoms with E-state index in [0.29, 0.717) is 0 Å². The molecule has 0 aromatic carbocycles. The molecule has 0 amide bonds. The second kappa shape index (κ2) is 17.0. The molecule has 2 radical (unpaired) electrons. The normalized spacial score (nSPS) is 7.30. The maximum absolute atomic E-state index is 3.66. The van der Waals surface area contributed by atoms with Gasteiger partial charge in [0.1, 0.15) is 0 Å². The van der Waals surface area contributed by atoms with Gasteiger partial charge in [-0.3, -0.25) is 0 Å². The minimum Gasteiger partial charge on any atom is -0.103 e. The first-order chi connectivity index (χ1) is 3.91. The molecular weight excluding hydrogens is 184 g/mol. The summed E-state index contributed by atoms with van der Waals surface area (Å²) in [4.78, 5) is 0. The third-order valence-electron chi connectivity index (χ3n) is 1.26. The van der Waals surface area contributed by atoms with E-state index in [1.165, 1.54) is 32.1 Å². The summed E-state index contributed by atoms with van der Waals surface area (Å²) in [5.74, 6) is 0. The summed E-state index contributed by atoms with van der Waals surface area (Å²) < 4.78 is 0. The Labute approximate surface area is 110 Å². The topological polar surface area (TPSA) is 0 Å². The average Bonchev–Trinajstić information content (AvgIpc) is 1.81. The first kappa shape index (κ1) is 17.7. The molecule has 0 aliphatic rings. The van der Waals surface area contributed by atoms with Gasteiger partial charge >= 0.3 is 0 Å². The Morgan fingerprint density at radius 1 is 1.20 bits per heavy atom. The van der Waals surface area contributed by atoms with E-state index in [2.05, 4.69) is 13.5 Å². The van der Waals surface area contributed by atoms with Gasteiger partial charge in [-0.2, -0.15) is 0 Å². The van der Waals surface area contributed by atoms with Gasteiger partial charge in [0.05, 0.1) is 0 Å². The standard InChI is InChI=1S/C8H16.Ca.Ti/c1-3-5-7-8-6-4-2;;/h3H,1,4-8H2,2H3;;. The maximum atomic E-state index is 3.66. The van der Waals surface area contributed by atoms with E-state index in [1.54, 1.807) is 0 Å². The fraction of sp³-hybridized carbons (Fsp3) is 0.750. The van der Waals surface area contributed by atoms with Crippen LogP contribution in [0, 0.1) is 0 Å². The van der Waals surface area contributed by atoms with E-state index in [0.717, 1.165) is 0 Å². The summed E-state index contributed by atoms with van der Waals surface area (Å²) in [7, 11) is 0. The number of hydrogen-bond acceptors (Lipinski definition) is 0. The van der Waals surface area contributed by atoms with Crippen LogP contribution in [-0.2, 0) is 21.7 Å². The fourth-order valence-electron chi connectivity index (χ4n) is 0.715. The second-order valence-corrected chi connectivity index (χ2v) is 2.14. The maximum Gasteiger partial charge on any atom is 0 e. The summed E-state index contributed by atoms with van der Waals surface area (Å²) in [6.07, 6.45) is 8.61. The minimum absolute atomic E-state index is 0. The quantitative estimate of drug-likeness (QED) is 0.363. The van der Waals surface area contributed by atoms with Crippen LogP contribution in [0.1, 0.15) is 39.0 Å². The zero-order valence-corrected chi connectivity index (χ0v) is 10.8. The van der Waals surface area contributed by atoms with Gasteiger partial charge < -0.3 is 0 Å². The fourth-order valence-corrected chi connectivity index (χ4v) is 0.715. The van der Waals surface area contributed by atoms with Crippen molar-refractivity contribution in [2.45, 2.75) is 39.0 Å². The molecule has 0 rings (SSSR count). The van der Waals surface area contributed by atoms with Crippen LogP contribution in [-0.4, -0.2) is 37.7 Å². The average molecular weight is 200 g/mol. The van der Waals surface area contributed by atoms with Gasteiger partial charge in [-0.05, 0) is 12.8 Å². The summed E-state index contributed by atoms with van der Waals surface area (Å²) in [5, 5.41) is 0. The van der Waals surface area contributed by atoms with Crippen LogP contribution in [0.5, 0.6) is 0 Å². The number of allylic oxidation sites excluding steroid dienone is 1. The first-order valence-electron chi connectivity index (χ1n) is 3.52. The molecule has 0 bridgehead atoms. The molecule has 54 valence electrons. The molecule has 0 aliphatic heterocycles. The Morgan fingerprint density at radius 2 is 1.80 bits per heavy atom. The van der Waals surface area contributed by atoms with Crippen molar-refractivity contribution in [3.63, 3.8) is 0 Å². The molecular formula is C8H16CaTi. The Kier molecular flexibility index (Phi) is 30.1. The van der Waals surface area contributed by atoms with Crippen LogP contribution in [0.25, 0.3) is 0 Å². The van der Waals surface area contributed by atoms with Gasteiger partial charge in [0, 0.05) is 59.5 Å². The van der Waals surface area contributed by atoms with Crippen LogP contribution in [0.4, 0.5) is 0 Å². The van der Waals surface area contributed by atoms with Crippen molar-refractivity contribution in [2.75, 3.05) is 0 Å². The van der Waals surface area contributed by atoms with Crippen LogP contribution in [0.2, 0.25) is 0 Å². The molecule has 0 aromatic rings. The van der Waals surface area contributed by atoms with E-state index in [9.17, 15) is 0 Å². The van der Waals surface area contributed by atoms with Crippen molar-refractivity contribution in [1.82, 2.24) is 0 Å². The van der Waals surface area contributed by atoms with Gasteiger partial charge in [-0.15, -0.1) is 6.58 Å². The molecule has 0 N–H and O–H groups in total. The van der Waals surface area contributed by atoms with Crippen LogP contribution < -0.4 is 0 Å². The number of hydrogen-bond donors (Lipinski definition) is 0. The van der Waals surface area contributed by atoms with E-state index in [1.807, 2.05) is 6.08 Å². The van der Waals surface area contributed by atoms with Gasteiger partial charge in [-0.25, -0.2) is 0 Å². The van der Waals surface area contributed by atoms with E-state index in [4.69, 9.17) is 0 Å². The monoisotopic (exact) mass is 200 g/mol. The van der Waals surface area contributed by atoms with Crippen LogP contribution >= 0.6 is 0 Å². The summed E-state index contributed by atoms with van der Waals surface area (Å²) >= 11 is 0. The molecule has 0 aliphatic carbocycles. The van der Waals surface area contributed by atoms with E-state index >= 15 is 0 Å². The number of unbranched alkanes of at least 4 members (excludes halogenated alkanes) is 4. The zero-order chi connectivity index (χ0) is 6.24. The largest absolute Gasteiger partial charge is 0.103 e. The third-order valence-corrected chi connectivity index (χ3v) is 1.26. The molecule has 0 heterocycles. The molecule has 0 saturated heterocycles. The van der Waals surface area contributed by atoms with Crippen molar-refractivity contribution in [3.05, 3.63) is 12.7 Å². The predicted molar refractivity (Wildman–Crippen MR) is 44.7 cm³/mol. The Hall–Kier alpha value is 1.71. The minimum atomic E-state index is 0. The smallest absolute Gasteiger partial charge is 0 e. The van der Waals surface area contributed by atoms with Gasteiger partial charge in [0.15, 0.2) is 0 Å². The van der Waals surface area contributed by atoms with Crippen molar-refractivity contribution in [1.29, 1.82) is 0 Å². The van der Waals surface area contributed by atoms with Crippen molar-refractivity contribution in [3.8, 4) is 0 Å². The van der Waals surface area contributed by atoms with Gasteiger partial charge in [-0.1, -0.05) is 32.3 Å². The molecule has 0 unspecified atom stereocenters. The van der Waals surface area contributed by atoms with E-state index < -0.39 is 0 Å². The predicted octanol–water partition coefficient (Wildman–Crippen LogP) is 2.76. The molecule has 2 heteroatoms. The molecule has 0 saturated carbocycles. The summed E-state index contributed by atoms with van der Waals surface area (Å²) in [5.41, 5.74) is 0. The summed E-state index contributed by atoms with van der Waals surface area (Å²) in [6, 6.07) is 0. The van der Waals surface area contributed by atoms with Crippen molar-refractivity contribution >= 4 is 37.7 Å². The summed E-state index contributed by atoms with van der Waals surface area (Å²) in [6.45, 7) is 5.89. The Morgan fingerprint density at radius 3 is 2.20 bits per heavy atom. The SMILES string of the molecule is C=CCCCCCC.[Ca].[Ti]. The van der Waals surface area contributed by atoms with Crippen LogP contribution in [0.3, 0.4) is 0 Å². The van der Waals surface area contributed by atoms with Gasteiger partial charge in [0.2, 0.25) is 0 Å². The molecule has 0 atom stereocenters. The number of rotatable bonds is 5. The van der Waals surface area contributed by atoms with Crippen LogP contribution in [0.15, 0.2) is 12.7 Å². The molecule has 0 aromatic heterocycles. The molecule has 0 spiro atoms. The molecule has 0 nitrogen and oxygen atoms in total. The first-order valence-corrected chi connectivity index (χ1v) is 3.52. The van der Waals surface area contributed by atoms with Gasteiger partial charge in [0.25, 0.3) is 0 Å². The van der Waals surface area contributed by atoms with Crippen molar-refractivity contribution in [2.24, 2.45) is 0 Å². The zero-order valence-electron chi connectivity index (χ0n) is 7.03. The third kappa shape index (κ3) is 16.4. The molecule has 10 heavy (non-hydrogen) atoms. The second-order valence-electron chi connectivity index (χ2n) is 2.14. The Bertz CT molecular complexity index is 55.2. The Balaban J connectivity index is -0.000000245. The van der Waals surface area contributed by atoms with Crippen molar-refractivity contribution < 1.29 is 21.7 Å². The van der Waals surface area contributed by atoms with E-state index in [-0.39, 0.29) is 59.5 Å². The molecule has 0 fully saturated rings.